The summed E-state index contributed by atoms with van der Waals surface area (Å²) in [6.07, 6.45) is 0.774. The van der Waals surface area contributed by atoms with Crippen molar-refractivity contribution in [1.29, 1.82) is 0 Å². The summed E-state index contributed by atoms with van der Waals surface area (Å²) >= 11 is 7.60. The molecule has 1 saturated heterocycles. The zero-order chi connectivity index (χ0) is 17.3. The molecule has 0 aliphatic carbocycles. The molecule has 0 bridgehead atoms. The Kier molecular flexibility index (Phi) is 4.96. The number of halogens is 1. The largest absolute Gasteiger partial charge is 0.456 e. The van der Waals surface area contributed by atoms with Crippen LogP contribution >= 0.6 is 23.4 Å². The summed E-state index contributed by atoms with van der Waals surface area (Å²) in [7, 11) is 0. The number of ether oxygens (including phenoxy) is 1. The second-order valence-corrected chi connectivity index (χ2v) is 7.24. The fourth-order valence-corrected chi connectivity index (χ4v) is 4.03. The summed E-state index contributed by atoms with van der Waals surface area (Å²) in [4.78, 5) is 30.6. The predicted octanol–water partition coefficient (Wildman–Crippen LogP) is 3.29. The Labute approximate surface area is 149 Å². The van der Waals surface area contributed by atoms with Gasteiger partial charge in [-0.05, 0) is 18.9 Å². The minimum atomic E-state index is -0.594. The van der Waals surface area contributed by atoms with Crippen molar-refractivity contribution in [3.05, 3.63) is 46.6 Å². The monoisotopic (exact) mass is 364 g/mol. The number of rotatable bonds is 5. The number of aliphatic imine (C=N–C) groups is 1. The minimum Gasteiger partial charge on any atom is -0.456 e. The van der Waals surface area contributed by atoms with Gasteiger partial charge in [0.2, 0.25) is 0 Å². The summed E-state index contributed by atoms with van der Waals surface area (Å²) in [6, 6.07) is 8.95. The van der Waals surface area contributed by atoms with Gasteiger partial charge in [0, 0.05) is 5.03 Å². The van der Waals surface area contributed by atoms with Crippen molar-refractivity contribution < 1.29 is 14.3 Å². The van der Waals surface area contributed by atoms with Gasteiger partial charge in [0.25, 0.3) is 5.91 Å². The van der Waals surface area contributed by atoms with E-state index in [1.807, 2.05) is 37.3 Å². The van der Waals surface area contributed by atoms with Crippen LogP contribution in [0.5, 0.6) is 0 Å². The average molecular weight is 365 g/mol. The number of fused-ring (bicyclic) bond motifs is 1. The van der Waals surface area contributed by atoms with Crippen LogP contribution < -0.4 is 0 Å². The molecular formula is C17H17ClN2O3S. The fraction of sp³-hybridized carbons (Fsp3) is 0.353. The number of allylic oxidation sites excluding steroid dienone is 1. The van der Waals surface area contributed by atoms with E-state index in [9.17, 15) is 9.59 Å². The number of hydrogen-bond acceptors (Lipinski definition) is 5. The number of carbonyl (C=O) groups excluding carboxylic acids is 2. The molecule has 24 heavy (non-hydrogen) atoms. The van der Waals surface area contributed by atoms with Crippen molar-refractivity contribution in [2.45, 2.75) is 38.3 Å². The number of carbonyl (C=O) groups is 2. The molecule has 2 atom stereocenters. The molecule has 2 heterocycles. The lowest BCUT2D eigenvalue weighted by Crippen LogP contribution is -2.61. The Balaban J connectivity index is 1.71. The van der Waals surface area contributed by atoms with Gasteiger partial charge < -0.3 is 4.74 Å². The summed E-state index contributed by atoms with van der Waals surface area (Å²) in [6.45, 7) is 3.71. The maximum absolute atomic E-state index is 12.5. The van der Waals surface area contributed by atoms with Gasteiger partial charge in [-0.3, -0.25) is 14.7 Å². The first-order valence-electron chi connectivity index (χ1n) is 7.66. The molecule has 0 radical (unpaired) electrons. The summed E-state index contributed by atoms with van der Waals surface area (Å²) in [5.41, 5.74) is 0.982. The van der Waals surface area contributed by atoms with Crippen LogP contribution in [-0.4, -0.2) is 33.2 Å². The van der Waals surface area contributed by atoms with E-state index in [0.717, 1.165) is 17.0 Å². The Bertz CT molecular complexity index is 729. The minimum absolute atomic E-state index is 0.110. The number of benzene rings is 1. The van der Waals surface area contributed by atoms with Gasteiger partial charge in [-0.15, -0.1) is 0 Å². The highest BCUT2D eigenvalue weighted by Crippen LogP contribution is 2.43. The third-order valence-electron chi connectivity index (χ3n) is 3.83. The van der Waals surface area contributed by atoms with Crippen molar-refractivity contribution >= 4 is 40.3 Å². The number of β-lactam (4-membered cyclic amide) rings is 1. The Morgan fingerprint density at radius 1 is 1.38 bits per heavy atom. The number of amides is 1. The Hall–Kier alpha value is -1.79. The lowest BCUT2D eigenvalue weighted by Gasteiger charge is -2.41. The van der Waals surface area contributed by atoms with E-state index in [-0.39, 0.29) is 28.6 Å². The van der Waals surface area contributed by atoms with E-state index in [2.05, 4.69) is 4.99 Å². The molecular weight excluding hydrogens is 348 g/mol. The Morgan fingerprint density at radius 3 is 2.71 bits per heavy atom. The molecule has 0 N–H and O–H groups in total. The zero-order valence-corrected chi connectivity index (χ0v) is 14.9. The van der Waals surface area contributed by atoms with Crippen molar-refractivity contribution in [2.24, 2.45) is 4.99 Å². The van der Waals surface area contributed by atoms with Crippen LogP contribution in [0.3, 0.4) is 0 Å². The van der Waals surface area contributed by atoms with Gasteiger partial charge in [-0.2, -0.15) is 0 Å². The van der Waals surface area contributed by atoms with Crippen molar-refractivity contribution in [2.75, 3.05) is 0 Å². The number of hydrogen-bond donors (Lipinski definition) is 0. The van der Waals surface area contributed by atoms with Gasteiger partial charge in [0.15, 0.2) is 6.04 Å². The van der Waals surface area contributed by atoms with Crippen LogP contribution in [0, 0.1) is 0 Å². The lowest BCUT2D eigenvalue weighted by molar-refractivity contribution is -0.151. The molecule has 0 saturated carbocycles. The molecule has 2 aliphatic rings. The molecule has 0 spiro atoms. The quantitative estimate of drug-likeness (QED) is 0.457. The first kappa shape index (κ1) is 17.0. The number of thioether (sulfide) groups is 1. The van der Waals surface area contributed by atoms with Crippen molar-refractivity contribution in [3.63, 3.8) is 0 Å². The molecule has 2 unspecified atom stereocenters. The maximum atomic E-state index is 12.5. The van der Waals surface area contributed by atoms with Crippen LogP contribution in [0.2, 0.25) is 0 Å². The number of likely N-dealkylation sites (tertiary alicyclic amines) is 1. The third-order valence-corrected chi connectivity index (χ3v) is 5.39. The number of nitrogens with zero attached hydrogens (tertiary/aromatic N) is 2. The smallest absolute Gasteiger partial charge is 0.356 e. The van der Waals surface area contributed by atoms with E-state index in [4.69, 9.17) is 16.3 Å². The topological polar surface area (TPSA) is 59.0 Å². The van der Waals surface area contributed by atoms with Gasteiger partial charge in [0.1, 0.15) is 17.7 Å². The van der Waals surface area contributed by atoms with Gasteiger partial charge >= 0.3 is 5.97 Å². The highest BCUT2D eigenvalue weighted by atomic mass is 35.5. The predicted molar refractivity (Wildman–Crippen MR) is 94.5 cm³/mol. The second-order valence-electron chi connectivity index (χ2n) is 5.48. The van der Waals surface area contributed by atoms with Crippen LogP contribution in [0.25, 0.3) is 0 Å². The van der Waals surface area contributed by atoms with Crippen LogP contribution in [0.4, 0.5) is 0 Å². The Morgan fingerprint density at radius 2 is 2.08 bits per heavy atom. The van der Waals surface area contributed by atoms with E-state index < -0.39 is 12.0 Å². The molecule has 2 aliphatic heterocycles. The standard InChI is InChI=1S/C17H17ClN2O3S/c1-3-12-19-13-15(21)20(16(13)24-12)14(10(2)18)17(22)23-9-11-7-5-4-6-8-11/h4-8,13,16H,3,9H2,1-2H3/b14-10-. The van der Waals surface area contributed by atoms with E-state index >= 15 is 0 Å². The molecule has 126 valence electrons. The first-order chi connectivity index (χ1) is 11.5. The third kappa shape index (κ3) is 3.08. The van der Waals surface area contributed by atoms with Crippen LogP contribution in [0.1, 0.15) is 25.8 Å². The first-order valence-corrected chi connectivity index (χ1v) is 8.92. The molecule has 1 aromatic carbocycles. The molecule has 1 amide bonds. The number of esters is 1. The summed E-state index contributed by atoms with van der Waals surface area (Å²) < 4.78 is 5.34. The maximum Gasteiger partial charge on any atom is 0.356 e. The highest BCUT2D eigenvalue weighted by Gasteiger charge is 2.55. The molecule has 1 fully saturated rings. The van der Waals surface area contributed by atoms with Gasteiger partial charge in [0.05, 0.1) is 5.04 Å². The van der Waals surface area contributed by atoms with Crippen LogP contribution in [-0.2, 0) is 20.9 Å². The fourth-order valence-electron chi connectivity index (χ4n) is 2.62. The summed E-state index contributed by atoms with van der Waals surface area (Å²) in [5, 5.41) is 0.968. The van der Waals surface area contributed by atoms with E-state index in [0.29, 0.717) is 0 Å². The second kappa shape index (κ2) is 6.99. The molecule has 1 aromatic rings. The van der Waals surface area contributed by atoms with Gasteiger partial charge in [-0.1, -0.05) is 60.6 Å². The van der Waals surface area contributed by atoms with Crippen molar-refractivity contribution in [3.8, 4) is 0 Å². The molecule has 5 nitrogen and oxygen atoms in total. The molecule has 7 heteroatoms. The van der Waals surface area contributed by atoms with Crippen LogP contribution in [0.15, 0.2) is 46.1 Å². The normalized spacial score (nSPS) is 23.2. The van der Waals surface area contributed by atoms with E-state index in [1.54, 1.807) is 6.92 Å². The zero-order valence-electron chi connectivity index (χ0n) is 13.4. The molecule has 3 rings (SSSR count). The van der Waals surface area contributed by atoms with Crippen molar-refractivity contribution in [1.82, 2.24) is 4.90 Å². The van der Waals surface area contributed by atoms with Gasteiger partial charge in [-0.25, -0.2) is 4.79 Å². The SMILES string of the molecule is CCC1=NC2C(=O)N(/C(C(=O)OCc3ccccc3)=C(/C)Cl)C2S1. The summed E-state index contributed by atoms with van der Waals surface area (Å²) in [5.74, 6) is -0.800. The average Bonchev–Trinajstić information content (AvgIpc) is 2.97. The van der Waals surface area contributed by atoms with E-state index in [1.165, 1.54) is 16.7 Å². The highest BCUT2D eigenvalue weighted by molar-refractivity contribution is 8.14. The lowest BCUT2D eigenvalue weighted by atomic mass is 10.1. The molecule has 0 aromatic heterocycles.